The zero-order chi connectivity index (χ0) is 24.3. The van der Waals surface area contributed by atoms with Crippen LogP contribution in [0.15, 0.2) is 58.5 Å². The number of carbonyl (C=O) groups is 1. The molecule has 170 valence electrons. The van der Waals surface area contributed by atoms with Gasteiger partial charge >= 0.3 is 5.97 Å². The zero-order valence-electron chi connectivity index (χ0n) is 18.4. The number of carboxylic acids is 1. The lowest BCUT2D eigenvalue weighted by atomic mass is 10.00. The average molecular weight is 470 g/mol. The van der Waals surface area contributed by atoms with E-state index in [1.807, 2.05) is 13.8 Å². The van der Waals surface area contributed by atoms with Crippen LogP contribution in [0.3, 0.4) is 0 Å². The van der Waals surface area contributed by atoms with Gasteiger partial charge in [0.15, 0.2) is 10.8 Å². The number of aryl methyl sites for hydroxylation is 1. The first-order valence-electron chi connectivity index (χ1n) is 10.1. The number of rotatable bonds is 4. The molecular weight excluding hydrogens is 448 g/mol. The lowest BCUT2D eigenvalue weighted by Crippen LogP contribution is -2.21. The van der Waals surface area contributed by atoms with Gasteiger partial charge < -0.3 is 5.11 Å². The van der Waals surface area contributed by atoms with Gasteiger partial charge in [0.25, 0.3) is 5.56 Å². The molecule has 6 nitrogen and oxygen atoms in total. The van der Waals surface area contributed by atoms with Crippen LogP contribution >= 0.6 is 11.8 Å². The van der Waals surface area contributed by atoms with E-state index in [9.17, 15) is 23.5 Å². The summed E-state index contributed by atoms with van der Waals surface area (Å²) in [7, 11) is 0. The lowest BCUT2D eigenvalue weighted by Gasteiger charge is -2.15. The molecular formula is C24H21F2N3O3S. The number of carboxylic acid groups (broad SMARTS) is 1. The number of hydrogen-bond donors (Lipinski definition) is 1. The monoisotopic (exact) mass is 469 g/mol. The Kier molecular flexibility index (Phi) is 7.23. The highest BCUT2D eigenvalue weighted by atomic mass is 32.2. The second kappa shape index (κ2) is 9.91. The molecule has 0 bridgehead atoms. The molecule has 0 aliphatic heterocycles. The highest BCUT2D eigenvalue weighted by Gasteiger charge is 2.20. The van der Waals surface area contributed by atoms with Crippen LogP contribution in [-0.2, 0) is 0 Å². The summed E-state index contributed by atoms with van der Waals surface area (Å²) in [5.41, 5.74) is 0.502. The fourth-order valence-electron chi connectivity index (χ4n) is 3.32. The molecule has 0 radical (unpaired) electrons. The standard InChI is InChI=1S/C22H15F2N3O3S.C2H6/c1-11-6-7-12(21(29)30)10-14(11)18-13-8-9-17(28)27(20(13)26-22(25-18)31-2)19-15(23)4-3-5-16(19)24;1-2/h3-10H,1-2H3,(H,29,30);1-2H3. The normalized spacial score (nSPS) is 10.6. The molecule has 33 heavy (non-hydrogen) atoms. The summed E-state index contributed by atoms with van der Waals surface area (Å²) in [5, 5.41) is 10.0. The van der Waals surface area contributed by atoms with Crippen molar-refractivity contribution in [2.24, 2.45) is 0 Å². The number of nitrogens with zero attached hydrogens (tertiary/aromatic N) is 3. The Morgan fingerprint density at radius 2 is 1.70 bits per heavy atom. The SMILES string of the molecule is CC.CSc1nc(-c2cc(C(=O)O)ccc2C)c2ccc(=O)n(-c3c(F)cccc3F)c2n1. The van der Waals surface area contributed by atoms with Crippen molar-refractivity contribution in [3.8, 4) is 16.9 Å². The van der Waals surface area contributed by atoms with Crippen LogP contribution in [-0.4, -0.2) is 31.9 Å². The smallest absolute Gasteiger partial charge is 0.335 e. The highest BCUT2D eigenvalue weighted by molar-refractivity contribution is 7.98. The van der Waals surface area contributed by atoms with Crippen molar-refractivity contribution in [2.45, 2.75) is 25.9 Å². The molecule has 2 heterocycles. The third-order valence-corrected chi connectivity index (χ3v) is 5.36. The van der Waals surface area contributed by atoms with E-state index in [-0.39, 0.29) is 16.4 Å². The molecule has 0 saturated heterocycles. The Labute approximate surface area is 192 Å². The van der Waals surface area contributed by atoms with Gasteiger partial charge in [0.2, 0.25) is 0 Å². The number of benzene rings is 2. The Bertz CT molecular complexity index is 1400. The largest absolute Gasteiger partial charge is 0.478 e. The second-order valence-corrected chi connectivity index (χ2v) is 7.48. The van der Waals surface area contributed by atoms with Gasteiger partial charge in [0.05, 0.1) is 11.3 Å². The minimum Gasteiger partial charge on any atom is -0.478 e. The van der Waals surface area contributed by atoms with Gasteiger partial charge in [-0.1, -0.05) is 37.7 Å². The molecule has 0 atom stereocenters. The van der Waals surface area contributed by atoms with Crippen LogP contribution in [0.25, 0.3) is 28.0 Å². The number of para-hydroxylation sites is 1. The minimum absolute atomic E-state index is 0.0194. The lowest BCUT2D eigenvalue weighted by molar-refractivity contribution is 0.0697. The quantitative estimate of drug-likeness (QED) is 0.315. The van der Waals surface area contributed by atoms with Crippen molar-refractivity contribution >= 4 is 28.8 Å². The van der Waals surface area contributed by atoms with E-state index >= 15 is 0 Å². The second-order valence-electron chi connectivity index (χ2n) is 6.71. The van der Waals surface area contributed by atoms with Gasteiger partial charge in [-0.15, -0.1) is 0 Å². The Morgan fingerprint density at radius 1 is 1.03 bits per heavy atom. The van der Waals surface area contributed by atoms with Crippen molar-refractivity contribution in [3.05, 3.63) is 81.6 Å². The van der Waals surface area contributed by atoms with Crippen LogP contribution in [0.5, 0.6) is 0 Å². The molecule has 0 unspecified atom stereocenters. The predicted octanol–water partition coefficient (Wildman–Crippen LogP) is 5.48. The number of hydrogen-bond acceptors (Lipinski definition) is 5. The van der Waals surface area contributed by atoms with E-state index in [1.54, 1.807) is 19.2 Å². The molecule has 0 aliphatic carbocycles. The molecule has 2 aromatic carbocycles. The number of aromatic nitrogens is 3. The number of halogens is 2. The number of pyridine rings is 1. The fourth-order valence-corrected chi connectivity index (χ4v) is 3.68. The van der Waals surface area contributed by atoms with Gasteiger partial charge in [0, 0.05) is 17.0 Å². The van der Waals surface area contributed by atoms with E-state index in [0.29, 0.717) is 16.6 Å². The molecule has 0 amide bonds. The van der Waals surface area contributed by atoms with Gasteiger partial charge in [-0.25, -0.2) is 23.5 Å². The van der Waals surface area contributed by atoms with E-state index in [0.717, 1.165) is 22.3 Å². The van der Waals surface area contributed by atoms with Crippen molar-refractivity contribution < 1.29 is 18.7 Å². The van der Waals surface area contributed by atoms with Crippen molar-refractivity contribution in [1.82, 2.24) is 14.5 Å². The third-order valence-electron chi connectivity index (χ3n) is 4.81. The average Bonchev–Trinajstić information content (AvgIpc) is 2.81. The topological polar surface area (TPSA) is 85.1 Å². The maximum Gasteiger partial charge on any atom is 0.335 e. The Morgan fingerprint density at radius 3 is 2.30 bits per heavy atom. The van der Waals surface area contributed by atoms with Crippen molar-refractivity contribution in [1.29, 1.82) is 0 Å². The molecule has 0 spiro atoms. The molecule has 4 rings (SSSR count). The Balaban J connectivity index is 0.00000149. The summed E-state index contributed by atoms with van der Waals surface area (Å²) in [6.07, 6.45) is 1.72. The zero-order valence-corrected chi connectivity index (χ0v) is 19.2. The van der Waals surface area contributed by atoms with Gasteiger partial charge in [-0.05, 0) is 49.1 Å². The van der Waals surface area contributed by atoms with Crippen LogP contribution in [0, 0.1) is 18.6 Å². The van der Waals surface area contributed by atoms with Gasteiger partial charge in [-0.2, -0.15) is 0 Å². The summed E-state index contributed by atoms with van der Waals surface area (Å²) < 4.78 is 30.0. The maximum atomic E-state index is 14.5. The van der Waals surface area contributed by atoms with E-state index < -0.39 is 28.9 Å². The number of fused-ring (bicyclic) bond motifs is 1. The van der Waals surface area contributed by atoms with E-state index in [4.69, 9.17) is 0 Å². The number of thioether (sulfide) groups is 1. The molecule has 0 fully saturated rings. The van der Waals surface area contributed by atoms with Gasteiger partial charge in [-0.3, -0.25) is 9.36 Å². The molecule has 0 saturated carbocycles. The Hall–Kier alpha value is -3.59. The fraction of sp³-hybridized carbons (Fsp3) is 0.167. The number of aromatic carboxylic acids is 1. The van der Waals surface area contributed by atoms with Crippen LogP contribution in [0.4, 0.5) is 8.78 Å². The first-order valence-corrected chi connectivity index (χ1v) is 11.3. The third kappa shape index (κ3) is 4.49. The molecule has 0 aliphatic rings. The van der Waals surface area contributed by atoms with E-state index in [1.165, 1.54) is 42.1 Å². The maximum absolute atomic E-state index is 14.5. The summed E-state index contributed by atoms with van der Waals surface area (Å²) in [6.45, 7) is 5.79. The van der Waals surface area contributed by atoms with Gasteiger partial charge in [0.1, 0.15) is 17.3 Å². The first kappa shape index (κ1) is 24.1. The van der Waals surface area contributed by atoms with Crippen LogP contribution in [0.1, 0.15) is 29.8 Å². The molecule has 2 aromatic heterocycles. The highest BCUT2D eigenvalue weighted by Crippen LogP contribution is 2.32. The first-order chi connectivity index (χ1) is 15.8. The summed E-state index contributed by atoms with van der Waals surface area (Å²) in [4.78, 5) is 33.0. The van der Waals surface area contributed by atoms with E-state index in [2.05, 4.69) is 9.97 Å². The molecule has 1 N–H and O–H groups in total. The van der Waals surface area contributed by atoms with Crippen molar-refractivity contribution in [3.63, 3.8) is 0 Å². The molecule has 9 heteroatoms. The summed E-state index contributed by atoms with van der Waals surface area (Å²) in [6, 6.07) is 10.6. The van der Waals surface area contributed by atoms with Crippen LogP contribution in [0.2, 0.25) is 0 Å². The van der Waals surface area contributed by atoms with Crippen molar-refractivity contribution in [2.75, 3.05) is 6.26 Å². The van der Waals surface area contributed by atoms with Crippen LogP contribution < -0.4 is 5.56 Å². The minimum atomic E-state index is -1.10. The molecule has 4 aromatic rings. The summed E-state index contributed by atoms with van der Waals surface area (Å²) in [5.74, 6) is -2.93. The summed E-state index contributed by atoms with van der Waals surface area (Å²) >= 11 is 1.19. The predicted molar refractivity (Wildman–Crippen MR) is 125 cm³/mol.